The second-order valence-electron chi connectivity index (χ2n) is 8.00. The van der Waals surface area contributed by atoms with E-state index in [9.17, 15) is 26.4 Å². The maximum Gasteiger partial charge on any atom is 0.416 e. The van der Waals surface area contributed by atoms with Crippen LogP contribution in [0.2, 0.25) is 0 Å². The minimum atomic E-state index is -4.52. The maximum absolute atomic E-state index is 13.1. The Morgan fingerprint density at radius 2 is 1.82 bits per heavy atom. The third kappa shape index (κ3) is 6.91. The van der Waals surface area contributed by atoms with Gasteiger partial charge in [0, 0.05) is 18.5 Å². The molecule has 2 heterocycles. The number of hydrogen-bond acceptors (Lipinski definition) is 7. The number of alkyl halides is 3. The van der Waals surface area contributed by atoms with Gasteiger partial charge in [0.1, 0.15) is 6.54 Å². The van der Waals surface area contributed by atoms with Crippen LogP contribution in [0.4, 0.5) is 18.9 Å². The molecule has 0 radical (unpaired) electrons. The molecule has 1 fully saturated rings. The van der Waals surface area contributed by atoms with E-state index in [0.29, 0.717) is 24.5 Å². The van der Waals surface area contributed by atoms with Gasteiger partial charge in [-0.1, -0.05) is 18.2 Å². The third-order valence-electron chi connectivity index (χ3n) is 5.55. The quantitative estimate of drug-likeness (QED) is 0.353. The summed E-state index contributed by atoms with van der Waals surface area (Å²) < 4.78 is 78.5. The van der Waals surface area contributed by atoms with Crippen LogP contribution in [-0.2, 0) is 37.0 Å². The number of rotatable bonds is 7. The van der Waals surface area contributed by atoms with E-state index in [-0.39, 0.29) is 58.6 Å². The Balaban J connectivity index is 0.00000400. The zero-order valence-electron chi connectivity index (χ0n) is 20.2. The van der Waals surface area contributed by atoms with Gasteiger partial charge in [-0.15, -0.1) is 28.3 Å². The molecule has 206 valence electrons. The number of esters is 1. The van der Waals surface area contributed by atoms with E-state index >= 15 is 0 Å². The molecule has 0 amide bonds. The van der Waals surface area contributed by atoms with Crippen molar-refractivity contribution in [2.75, 3.05) is 32.9 Å². The average molecular weight is 637 g/mol. The summed E-state index contributed by atoms with van der Waals surface area (Å²) in [5, 5.41) is 1.71. The molecule has 1 aliphatic heterocycles. The first kappa shape index (κ1) is 30.0. The van der Waals surface area contributed by atoms with Gasteiger partial charge in [-0.2, -0.15) is 17.5 Å². The van der Waals surface area contributed by atoms with Gasteiger partial charge in [0.15, 0.2) is 4.80 Å². The van der Waals surface area contributed by atoms with E-state index < -0.39 is 27.7 Å². The molecule has 2 aromatic carbocycles. The first-order chi connectivity index (χ1) is 17.6. The van der Waals surface area contributed by atoms with Gasteiger partial charge in [0.25, 0.3) is 0 Å². The lowest BCUT2D eigenvalue weighted by Crippen LogP contribution is -2.40. The summed E-state index contributed by atoms with van der Waals surface area (Å²) in [5.41, 5.74) is 0.387. The highest BCUT2D eigenvalue weighted by Crippen LogP contribution is 2.31. The molecule has 0 aliphatic carbocycles. The summed E-state index contributed by atoms with van der Waals surface area (Å²) in [6.45, 7) is 2.81. The van der Waals surface area contributed by atoms with Crippen molar-refractivity contribution in [2.24, 2.45) is 4.99 Å². The smallest absolute Gasteiger partial charge is 0.416 e. The first-order valence-electron chi connectivity index (χ1n) is 11.3. The number of aromatic nitrogens is 1. The van der Waals surface area contributed by atoms with Crippen molar-refractivity contribution in [1.29, 1.82) is 0 Å². The topological polar surface area (TPSA) is 90.2 Å². The first-order valence-corrected chi connectivity index (χ1v) is 13.7. The van der Waals surface area contributed by atoms with E-state index in [1.807, 2.05) is 0 Å². The van der Waals surface area contributed by atoms with Crippen LogP contribution < -0.4 is 4.80 Å². The highest BCUT2D eigenvalue weighted by atomic mass is 79.9. The van der Waals surface area contributed by atoms with Gasteiger partial charge < -0.3 is 14.0 Å². The predicted molar refractivity (Wildman–Crippen MR) is 141 cm³/mol. The molecule has 0 bridgehead atoms. The Hall–Kier alpha value is -2.52. The van der Waals surface area contributed by atoms with Crippen LogP contribution in [0.3, 0.4) is 0 Å². The Kier molecular flexibility index (Phi) is 9.92. The number of nitrogens with zero attached hydrogens (tertiary/aromatic N) is 3. The average Bonchev–Trinajstić information content (AvgIpc) is 3.26. The van der Waals surface area contributed by atoms with Gasteiger partial charge in [-0.05, 0) is 42.8 Å². The minimum absolute atomic E-state index is 0. The lowest BCUT2D eigenvalue weighted by Gasteiger charge is -2.26. The summed E-state index contributed by atoms with van der Waals surface area (Å²) in [7, 11) is -3.68. The number of carbonyl (C=O) groups is 1. The fraction of sp³-hybridized carbons (Fsp3) is 0.333. The number of hydrogen-bond donors (Lipinski definition) is 0. The van der Waals surface area contributed by atoms with Crippen LogP contribution in [-0.4, -0.2) is 56.2 Å². The fourth-order valence-corrected chi connectivity index (χ4v) is 6.07. The largest absolute Gasteiger partial charge is 0.465 e. The number of carbonyl (C=O) groups excluding carboxylic acids is 1. The van der Waals surface area contributed by atoms with E-state index in [1.165, 1.54) is 33.1 Å². The SMILES string of the molecule is Br.CCOC(=O)Cn1c(-c2ccc(S(=O)(=O)N3CCOCC3)cc2)csc1=Nc1cccc(C(F)(F)F)c1. The molecule has 38 heavy (non-hydrogen) atoms. The molecule has 1 saturated heterocycles. The molecule has 0 atom stereocenters. The van der Waals surface area contributed by atoms with Gasteiger partial charge in [-0.25, -0.2) is 13.4 Å². The van der Waals surface area contributed by atoms with Crippen molar-refractivity contribution >= 4 is 50.0 Å². The van der Waals surface area contributed by atoms with Gasteiger partial charge in [-0.3, -0.25) is 4.79 Å². The van der Waals surface area contributed by atoms with E-state index in [1.54, 1.807) is 24.4 Å². The molecule has 0 N–H and O–H groups in total. The summed E-state index contributed by atoms with van der Waals surface area (Å²) in [6.07, 6.45) is -4.52. The fourth-order valence-electron chi connectivity index (χ4n) is 3.73. The summed E-state index contributed by atoms with van der Waals surface area (Å²) >= 11 is 1.14. The zero-order chi connectivity index (χ0) is 26.6. The molecule has 0 spiro atoms. The Bertz CT molecular complexity index is 1430. The number of ether oxygens (including phenoxy) is 2. The van der Waals surface area contributed by atoms with Crippen molar-refractivity contribution in [3.05, 3.63) is 64.3 Å². The number of benzene rings is 2. The lowest BCUT2D eigenvalue weighted by molar-refractivity contribution is -0.143. The lowest BCUT2D eigenvalue weighted by atomic mass is 10.2. The predicted octanol–water partition coefficient (Wildman–Crippen LogP) is 4.63. The van der Waals surface area contributed by atoms with Crippen LogP contribution in [0.1, 0.15) is 12.5 Å². The molecule has 0 unspecified atom stereocenters. The zero-order valence-corrected chi connectivity index (χ0v) is 23.5. The van der Waals surface area contributed by atoms with Crippen LogP contribution in [0.25, 0.3) is 11.3 Å². The van der Waals surface area contributed by atoms with Gasteiger partial charge in [0.2, 0.25) is 10.0 Å². The summed E-state index contributed by atoms with van der Waals surface area (Å²) in [4.78, 5) is 17.1. The van der Waals surface area contributed by atoms with Crippen LogP contribution in [0, 0.1) is 0 Å². The molecule has 1 aliphatic rings. The van der Waals surface area contributed by atoms with Crippen LogP contribution >= 0.6 is 28.3 Å². The highest BCUT2D eigenvalue weighted by Gasteiger charge is 2.30. The van der Waals surface area contributed by atoms with Crippen LogP contribution in [0.5, 0.6) is 0 Å². The molecular formula is C24H25BrF3N3O5S2. The minimum Gasteiger partial charge on any atom is -0.465 e. The summed E-state index contributed by atoms with van der Waals surface area (Å²) in [5.74, 6) is -0.542. The maximum atomic E-state index is 13.1. The number of halogens is 4. The molecular weight excluding hydrogens is 611 g/mol. The molecule has 8 nitrogen and oxygen atoms in total. The second kappa shape index (κ2) is 12.6. The second-order valence-corrected chi connectivity index (χ2v) is 10.8. The Morgan fingerprint density at radius 1 is 1.13 bits per heavy atom. The molecule has 1 aromatic heterocycles. The van der Waals surface area contributed by atoms with Gasteiger partial charge >= 0.3 is 12.1 Å². The van der Waals surface area contributed by atoms with Crippen molar-refractivity contribution in [1.82, 2.24) is 8.87 Å². The highest BCUT2D eigenvalue weighted by molar-refractivity contribution is 8.93. The van der Waals surface area contributed by atoms with E-state index in [2.05, 4.69) is 4.99 Å². The number of morpholine rings is 1. The molecule has 4 rings (SSSR count). The number of thiazole rings is 1. The standard InChI is InChI=1S/C24H24F3N3O5S2.BrH/c1-2-35-22(31)15-30-21(16-36-23(30)28-19-5-3-4-18(14-19)24(25,26)27)17-6-8-20(9-7-17)37(32,33)29-10-12-34-13-11-29;/h3-9,14,16H,2,10-13,15H2,1H3;1H. The Labute approximate surface area is 232 Å². The number of sulfonamides is 1. The van der Waals surface area contributed by atoms with E-state index in [0.717, 1.165) is 23.5 Å². The van der Waals surface area contributed by atoms with E-state index in [4.69, 9.17) is 9.47 Å². The van der Waals surface area contributed by atoms with Crippen LogP contribution in [0.15, 0.2) is 63.8 Å². The molecule has 0 saturated carbocycles. The van der Waals surface area contributed by atoms with Crippen molar-refractivity contribution in [3.8, 4) is 11.3 Å². The van der Waals surface area contributed by atoms with Crippen molar-refractivity contribution < 1.29 is 35.9 Å². The van der Waals surface area contributed by atoms with Crippen molar-refractivity contribution in [2.45, 2.75) is 24.5 Å². The molecule has 3 aromatic rings. The third-order valence-corrected chi connectivity index (χ3v) is 8.32. The van der Waals surface area contributed by atoms with Gasteiger partial charge in [0.05, 0.1) is 41.7 Å². The Morgan fingerprint density at radius 3 is 2.45 bits per heavy atom. The summed E-state index contributed by atoms with van der Waals surface area (Å²) in [6, 6.07) is 10.8. The normalized spacial score (nSPS) is 15.2. The van der Waals surface area contributed by atoms with Crippen molar-refractivity contribution in [3.63, 3.8) is 0 Å². The molecule has 14 heteroatoms. The monoisotopic (exact) mass is 635 g/mol.